The van der Waals surface area contributed by atoms with Crippen LogP contribution in [0, 0.1) is 19.8 Å². The van der Waals surface area contributed by atoms with E-state index in [0.717, 1.165) is 36.8 Å². The highest BCUT2D eigenvalue weighted by atomic mass is 32.2. The molecule has 146 valence electrons. The molecule has 2 aromatic rings. The molecule has 1 heterocycles. The summed E-state index contributed by atoms with van der Waals surface area (Å²) in [4.78, 5) is 12.6. The number of carbonyl (C=O) groups is 1. The van der Waals surface area contributed by atoms with E-state index in [-0.39, 0.29) is 24.0 Å². The molecule has 8 heteroatoms. The van der Waals surface area contributed by atoms with Crippen LogP contribution < -0.4 is 5.32 Å². The summed E-state index contributed by atoms with van der Waals surface area (Å²) in [6.45, 7) is 3.86. The van der Waals surface area contributed by atoms with Gasteiger partial charge in [-0.1, -0.05) is 36.7 Å². The zero-order chi connectivity index (χ0) is 19.4. The van der Waals surface area contributed by atoms with Crippen molar-refractivity contribution < 1.29 is 13.2 Å². The molecular formula is C19H25N3O3S2. The van der Waals surface area contributed by atoms with Crippen molar-refractivity contribution in [3.05, 3.63) is 34.3 Å². The summed E-state index contributed by atoms with van der Waals surface area (Å²) in [5.74, 6) is 0.0252. The fourth-order valence-electron chi connectivity index (χ4n) is 3.22. The number of benzene rings is 1. The van der Waals surface area contributed by atoms with E-state index in [2.05, 4.69) is 15.5 Å². The van der Waals surface area contributed by atoms with E-state index in [1.165, 1.54) is 17.8 Å². The van der Waals surface area contributed by atoms with Crippen molar-refractivity contribution in [1.29, 1.82) is 0 Å². The molecule has 1 aromatic carbocycles. The molecule has 0 unspecified atom stereocenters. The second-order valence-electron chi connectivity index (χ2n) is 7.14. The molecular weight excluding hydrogens is 382 g/mol. The molecule has 1 aliphatic rings. The average Bonchev–Trinajstić information content (AvgIpc) is 3.10. The number of aryl methyl sites for hydroxylation is 3. The van der Waals surface area contributed by atoms with Crippen molar-refractivity contribution >= 4 is 32.2 Å². The van der Waals surface area contributed by atoms with Gasteiger partial charge < -0.3 is 5.32 Å². The highest BCUT2D eigenvalue weighted by Crippen LogP contribution is 2.26. The Bertz CT molecular complexity index is 916. The molecule has 0 radical (unpaired) electrons. The number of amides is 1. The molecule has 1 aromatic heterocycles. The fourth-order valence-corrected chi connectivity index (χ4v) is 5.43. The smallest absolute Gasteiger partial charge is 0.229 e. The number of sulfone groups is 1. The molecule has 0 bridgehead atoms. The molecule has 0 aliphatic heterocycles. The lowest BCUT2D eigenvalue weighted by Crippen LogP contribution is -2.24. The molecule has 0 atom stereocenters. The van der Waals surface area contributed by atoms with E-state index in [1.54, 1.807) is 12.1 Å². The van der Waals surface area contributed by atoms with Gasteiger partial charge in [-0.05, 0) is 49.9 Å². The monoisotopic (exact) mass is 407 g/mol. The summed E-state index contributed by atoms with van der Waals surface area (Å²) in [5, 5.41) is 11.9. The Hall–Kier alpha value is -1.80. The lowest BCUT2D eigenvalue weighted by molar-refractivity contribution is -0.120. The van der Waals surface area contributed by atoms with Gasteiger partial charge in [-0.25, -0.2) is 8.42 Å². The van der Waals surface area contributed by atoms with Crippen molar-refractivity contribution in [3.8, 4) is 0 Å². The van der Waals surface area contributed by atoms with Crippen LogP contribution in [-0.2, 0) is 21.1 Å². The van der Waals surface area contributed by atoms with E-state index >= 15 is 0 Å². The Labute approximate surface area is 164 Å². The van der Waals surface area contributed by atoms with Crippen LogP contribution in [0.1, 0.15) is 48.2 Å². The molecule has 1 saturated carbocycles. The average molecular weight is 408 g/mol. The number of hydrogen-bond acceptors (Lipinski definition) is 6. The van der Waals surface area contributed by atoms with Gasteiger partial charge in [0, 0.05) is 12.3 Å². The first-order valence-corrected chi connectivity index (χ1v) is 11.8. The maximum atomic E-state index is 12.5. The quantitative estimate of drug-likeness (QED) is 0.789. The second kappa shape index (κ2) is 8.48. The number of carbonyl (C=O) groups excluding carboxylic acids is 1. The largest absolute Gasteiger partial charge is 0.300 e. The molecule has 3 rings (SSSR count). The summed E-state index contributed by atoms with van der Waals surface area (Å²) < 4.78 is 25.1. The van der Waals surface area contributed by atoms with E-state index in [0.29, 0.717) is 15.0 Å². The maximum Gasteiger partial charge on any atom is 0.229 e. The van der Waals surface area contributed by atoms with Gasteiger partial charge in [0.2, 0.25) is 11.0 Å². The standard InChI is InChI=1S/C19H25N3O3S2/c1-13-8-9-16(12-14(13)2)27(24,25)11-10-17-21-22-19(26-17)20-18(23)15-6-4-3-5-7-15/h8-9,12,15H,3-7,10-11H2,1-2H3,(H,20,22,23). The van der Waals surface area contributed by atoms with Crippen molar-refractivity contribution in [1.82, 2.24) is 10.2 Å². The Morgan fingerprint density at radius 3 is 2.59 bits per heavy atom. The number of aromatic nitrogens is 2. The minimum atomic E-state index is -3.38. The van der Waals surface area contributed by atoms with E-state index in [9.17, 15) is 13.2 Å². The van der Waals surface area contributed by atoms with Gasteiger partial charge >= 0.3 is 0 Å². The lowest BCUT2D eigenvalue weighted by atomic mass is 9.89. The second-order valence-corrected chi connectivity index (χ2v) is 10.3. The van der Waals surface area contributed by atoms with Gasteiger partial charge in [0.1, 0.15) is 5.01 Å². The van der Waals surface area contributed by atoms with Crippen LogP contribution in [-0.4, -0.2) is 30.3 Å². The summed E-state index contributed by atoms with van der Waals surface area (Å²) in [5.41, 5.74) is 2.02. The molecule has 1 aliphatic carbocycles. The van der Waals surface area contributed by atoms with E-state index < -0.39 is 9.84 Å². The van der Waals surface area contributed by atoms with E-state index in [1.807, 2.05) is 19.9 Å². The van der Waals surface area contributed by atoms with Gasteiger partial charge in [-0.3, -0.25) is 4.79 Å². The SMILES string of the molecule is Cc1ccc(S(=O)(=O)CCc2nnc(NC(=O)C3CCCCC3)s2)cc1C. The molecule has 1 N–H and O–H groups in total. The van der Waals surface area contributed by atoms with Crippen LogP contribution in [0.15, 0.2) is 23.1 Å². The molecule has 1 amide bonds. The third-order valence-electron chi connectivity index (χ3n) is 5.10. The summed E-state index contributed by atoms with van der Waals surface area (Å²) >= 11 is 1.25. The lowest BCUT2D eigenvalue weighted by Gasteiger charge is -2.19. The molecule has 0 spiro atoms. The predicted octanol–water partition coefficient (Wildman–Crippen LogP) is 3.69. The Morgan fingerprint density at radius 2 is 1.89 bits per heavy atom. The van der Waals surface area contributed by atoms with Crippen LogP contribution in [0.4, 0.5) is 5.13 Å². The molecule has 0 saturated heterocycles. The van der Waals surface area contributed by atoms with Crippen LogP contribution in [0.5, 0.6) is 0 Å². The normalized spacial score (nSPS) is 15.6. The maximum absolute atomic E-state index is 12.5. The topological polar surface area (TPSA) is 89.0 Å². The summed E-state index contributed by atoms with van der Waals surface area (Å²) in [7, 11) is -3.38. The van der Waals surface area contributed by atoms with E-state index in [4.69, 9.17) is 0 Å². The van der Waals surface area contributed by atoms with Crippen molar-refractivity contribution in [3.63, 3.8) is 0 Å². The number of anilines is 1. The van der Waals surface area contributed by atoms with Gasteiger partial charge in [0.25, 0.3) is 0 Å². The fraction of sp³-hybridized carbons (Fsp3) is 0.526. The number of hydrogen-bond donors (Lipinski definition) is 1. The summed E-state index contributed by atoms with van der Waals surface area (Å²) in [6, 6.07) is 5.18. The minimum absolute atomic E-state index is 0.000141. The first-order valence-electron chi connectivity index (χ1n) is 9.28. The Kier molecular flexibility index (Phi) is 6.26. The molecule has 6 nitrogen and oxygen atoms in total. The van der Waals surface area contributed by atoms with Gasteiger partial charge in [-0.2, -0.15) is 0 Å². The highest BCUT2D eigenvalue weighted by molar-refractivity contribution is 7.91. The third-order valence-corrected chi connectivity index (χ3v) is 7.71. The van der Waals surface area contributed by atoms with Gasteiger partial charge in [-0.15, -0.1) is 10.2 Å². The third kappa shape index (κ3) is 5.13. The molecule has 27 heavy (non-hydrogen) atoms. The minimum Gasteiger partial charge on any atom is -0.300 e. The highest BCUT2D eigenvalue weighted by Gasteiger charge is 2.22. The number of nitrogens with one attached hydrogen (secondary N) is 1. The Morgan fingerprint density at radius 1 is 1.15 bits per heavy atom. The molecule has 1 fully saturated rings. The van der Waals surface area contributed by atoms with Crippen LogP contribution in [0.25, 0.3) is 0 Å². The van der Waals surface area contributed by atoms with Gasteiger partial charge in [0.15, 0.2) is 9.84 Å². The van der Waals surface area contributed by atoms with Crippen molar-refractivity contribution in [2.45, 2.75) is 57.3 Å². The first-order chi connectivity index (χ1) is 12.8. The van der Waals surface area contributed by atoms with Crippen LogP contribution >= 0.6 is 11.3 Å². The van der Waals surface area contributed by atoms with Crippen molar-refractivity contribution in [2.24, 2.45) is 5.92 Å². The van der Waals surface area contributed by atoms with Crippen LogP contribution in [0.2, 0.25) is 0 Å². The zero-order valence-electron chi connectivity index (χ0n) is 15.7. The first kappa shape index (κ1) is 19.9. The zero-order valence-corrected chi connectivity index (χ0v) is 17.3. The van der Waals surface area contributed by atoms with Gasteiger partial charge in [0.05, 0.1) is 10.6 Å². The van der Waals surface area contributed by atoms with Crippen LogP contribution in [0.3, 0.4) is 0 Å². The van der Waals surface area contributed by atoms with Crippen molar-refractivity contribution in [2.75, 3.05) is 11.1 Å². The number of nitrogens with zero attached hydrogens (tertiary/aromatic N) is 2. The summed E-state index contributed by atoms with van der Waals surface area (Å²) in [6.07, 6.45) is 5.51. The predicted molar refractivity (Wildman–Crippen MR) is 107 cm³/mol. The Balaban J connectivity index is 1.58. The number of rotatable bonds is 6.